The predicted octanol–water partition coefficient (Wildman–Crippen LogP) is -0.0947. The zero-order valence-electron chi connectivity index (χ0n) is 11.7. The molecular formula is C13H24N6. The standard InChI is InChI=1S/C13H24N6/c1-17-12-2-3-13(17)10-18(5-4-12)6-7-19-9-11(8-14)15-16-19/h9,12-13H,2-8,10,14H2,1H3. The zero-order chi connectivity index (χ0) is 13.2. The van der Waals surface area contributed by atoms with Gasteiger partial charge in [0.25, 0.3) is 0 Å². The van der Waals surface area contributed by atoms with Gasteiger partial charge in [0.1, 0.15) is 0 Å². The molecule has 2 fully saturated rings. The SMILES string of the molecule is CN1C2CCC1CN(CCn1cc(CN)nn1)CC2. The molecule has 2 aliphatic heterocycles. The molecular weight excluding hydrogens is 240 g/mol. The van der Waals surface area contributed by atoms with Crippen LogP contribution in [0.15, 0.2) is 6.20 Å². The molecule has 2 atom stereocenters. The molecule has 3 heterocycles. The van der Waals surface area contributed by atoms with Gasteiger partial charge in [-0.1, -0.05) is 5.21 Å². The highest BCUT2D eigenvalue weighted by atomic mass is 15.4. The first-order valence-corrected chi connectivity index (χ1v) is 7.29. The first-order chi connectivity index (χ1) is 9.26. The quantitative estimate of drug-likeness (QED) is 0.823. The Morgan fingerprint density at radius 1 is 1.26 bits per heavy atom. The van der Waals surface area contributed by atoms with Gasteiger partial charge in [-0.2, -0.15) is 0 Å². The molecule has 0 saturated carbocycles. The molecule has 6 nitrogen and oxygen atoms in total. The fourth-order valence-corrected chi connectivity index (χ4v) is 3.37. The zero-order valence-corrected chi connectivity index (χ0v) is 11.7. The van der Waals surface area contributed by atoms with E-state index in [-0.39, 0.29) is 0 Å². The Morgan fingerprint density at radius 3 is 2.89 bits per heavy atom. The lowest BCUT2D eigenvalue weighted by Gasteiger charge is -2.25. The summed E-state index contributed by atoms with van der Waals surface area (Å²) < 4.78 is 1.91. The van der Waals surface area contributed by atoms with Crippen LogP contribution < -0.4 is 5.73 Å². The van der Waals surface area contributed by atoms with Gasteiger partial charge in [0.15, 0.2) is 0 Å². The van der Waals surface area contributed by atoms with Gasteiger partial charge in [-0.3, -0.25) is 14.5 Å². The third-order valence-corrected chi connectivity index (χ3v) is 4.67. The molecule has 3 rings (SSSR count). The van der Waals surface area contributed by atoms with Gasteiger partial charge in [0.2, 0.25) is 0 Å². The lowest BCUT2D eigenvalue weighted by atomic mass is 10.1. The summed E-state index contributed by atoms with van der Waals surface area (Å²) >= 11 is 0. The molecule has 1 aromatic rings. The van der Waals surface area contributed by atoms with E-state index in [1.165, 1.54) is 32.4 Å². The molecule has 0 radical (unpaired) electrons. The van der Waals surface area contributed by atoms with E-state index in [0.29, 0.717) is 6.54 Å². The van der Waals surface area contributed by atoms with E-state index in [0.717, 1.165) is 30.9 Å². The summed E-state index contributed by atoms with van der Waals surface area (Å²) in [6, 6.07) is 1.56. The van der Waals surface area contributed by atoms with Crippen LogP contribution >= 0.6 is 0 Å². The van der Waals surface area contributed by atoms with Gasteiger partial charge in [-0.05, 0) is 32.9 Å². The highest BCUT2D eigenvalue weighted by Gasteiger charge is 2.34. The summed E-state index contributed by atoms with van der Waals surface area (Å²) in [6.45, 7) is 4.85. The van der Waals surface area contributed by atoms with Crippen LogP contribution in [-0.2, 0) is 13.1 Å². The van der Waals surface area contributed by atoms with Crippen LogP contribution in [0.2, 0.25) is 0 Å². The van der Waals surface area contributed by atoms with E-state index in [1.54, 1.807) is 0 Å². The van der Waals surface area contributed by atoms with Crippen molar-refractivity contribution in [3.8, 4) is 0 Å². The Bertz CT molecular complexity index is 417. The van der Waals surface area contributed by atoms with Crippen LogP contribution in [0.1, 0.15) is 25.0 Å². The van der Waals surface area contributed by atoms with Gasteiger partial charge in [0.05, 0.1) is 12.2 Å². The topological polar surface area (TPSA) is 63.2 Å². The number of hydrogen-bond acceptors (Lipinski definition) is 5. The minimum absolute atomic E-state index is 0.470. The Labute approximate surface area is 114 Å². The second kappa shape index (κ2) is 5.56. The summed E-state index contributed by atoms with van der Waals surface area (Å²) in [6.07, 6.45) is 6.00. The first kappa shape index (κ1) is 13.0. The molecule has 2 N–H and O–H groups in total. The maximum absolute atomic E-state index is 5.55. The molecule has 19 heavy (non-hydrogen) atoms. The van der Waals surface area contributed by atoms with Crippen molar-refractivity contribution in [2.45, 2.75) is 44.4 Å². The summed E-state index contributed by atoms with van der Waals surface area (Å²) in [5, 5.41) is 8.14. The summed E-state index contributed by atoms with van der Waals surface area (Å²) in [4.78, 5) is 5.16. The molecule has 6 heteroatoms. The predicted molar refractivity (Wildman–Crippen MR) is 73.5 cm³/mol. The number of fused-ring (bicyclic) bond motifs is 2. The largest absolute Gasteiger partial charge is 0.325 e. The van der Waals surface area contributed by atoms with Crippen LogP contribution in [0.3, 0.4) is 0 Å². The number of hydrogen-bond donors (Lipinski definition) is 1. The second-order valence-corrected chi connectivity index (χ2v) is 5.82. The van der Waals surface area contributed by atoms with Crippen molar-refractivity contribution in [3.63, 3.8) is 0 Å². The van der Waals surface area contributed by atoms with Gasteiger partial charge in [0, 0.05) is 37.9 Å². The van der Waals surface area contributed by atoms with Gasteiger partial charge < -0.3 is 5.73 Å². The van der Waals surface area contributed by atoms with E-state index in [1.807, 2.05) is 10.9 Å². The normalized spacial score (nSPS) is 28.7. The molecule has 2 unspecified atom stereocenters. The maximum atomic E-state index is 5.55. The molecule has 106 valence electrons. The number of likely N-dealkylation sites (tertiary alicyclic amines) is 1. The van der Waals surface area contributed by atoms with Gasteiger partial charge in [-0.25, -0.2) is 0 Å². The number of nitrogens with two attached hydrogens (primary N) is 1. The molecule has 0 aromatic carbocycles. The van der Waals surface area contributed by atoms with Crippen molar-refractivity contribution in [2.24, 2.45) is 5.73 Å². The summed E-state index contributed by atoms with van der Waals surface area (Å²) in [5.41, 5.74) is 6.42. The highest BCUT2D eigenvalue weighted by Crippen LogP contribution is 2.28. The van der Waals surface area contributed by atoms with Crippen LogP contribution in [0, 0.1) is 0 Å². The van der Waals surface area contributed by atoms with Crippen molar-refractivity contribution < 1.29 is 0 Å². The Morgan fingerprint density at radius 2 is 2.11 bits per heavy atom. The highest BCUT2D eigenvalue weighted by molar-refractivity contribution is 4.92. The minimum atomic E-state index is 0.470. The molecule has 1 aromatic heterocycles. The molecule has 2 aliphatic rings. The van der Waals surface area contributed by atoms with E-state index in [4.69, 9.17) is 5.73 Å². The van der Waals surface area contributed by atoms with E-state index in [2.05, 4.69) is 27.2 Å². The molecule has 2 bridgehead atoms. The van der Waals surface area contributed by atoms with Crippen LogP contribution in [0.25, 0.3) is 0 Å². The minimum Gasteiger partial charge on any atom is -0.325 e. The molecule has 0 spiro atoms. The Kier molecular flexibility index (Phi) is 3.81. The van der Waals surface area contributed by atoms with Crippen molar-refractivity contribution >= 4 is 0 Å². The van der Waals surface area contributed by atoms with Crippen molar-refractivity contribution in [2.75, 3.05) is 26.7 Å². The van der Waals surface area contributed by atoms with Gasteiger partial charge in [-0.15, -0.1) is 5.10 Å². The van der Waals surface area contributed by atoms with Crippen LogP contribution in [0.5, 0.6) is 0 Å². The average molecular weight is 264 g/mol. The number of likely N-dealkylation sites (N-methyl/N-ethyl adjacent to an activating group) is 1. The molecule has 0 amide bonds. The fraction of sp³-hybridized carbons (Fsp3) is 0.846. The van der Waals surface area contributed by atoms with Gasteiger partial charge >= 0.3 is 0 Å². The van der Waals surface area contributed by atoms with Crippen molar-refractivity contribution in [3.05, 3.63) is 11.9 Å². The van der Waals surface area contributed by atoms with Crippen molar-refractivity contribution in [1.29, 1.82) is 0 Å². The molecule has 2 saturated heterocycles. The molecule has 0 aliphatic carbocycles. The number of rotatable bonds is 4. The third kappa shape index (κ3) is 2.80. The lowest BCUT2D eigenvalue weighted by molar-refractivity contribution is 0.213. The van der Waals surface area contributed by atoms with E-state index >= 15 is 0 Å². The smallest absolute Gasteiger partial charge is 0.0962 e. The summed E-state index contributed by atoms with van der Waals surface area (Å²) in [5.74, 6) is 0. The van der Waals surface area contributed by atoms with Crippen LogP contribution in [-0.4, -0.2) is 63.6 Å². The average Bonchev–Trinajstić information content (AvgIpc) is 2.94. The fourth-order valence-electron chi connectivity index (χ4n) is 3.37. The van der Waals surface area contributed by atoms with Crippen molar-refractivity contribution in [1.82, 2.24) is 24.8 Å². The second-order valence-electron chi connectivity index (χ2n) is 5.82. The number of aromatic nitrogens is 3. The lowest BCUT2D eigenvalue weighted by Crippen LogP contribution is -2.37. The van der Waals surface area contributed by atoms with E-state index < -0.39 is 0 Å². The summed E-state index contributed by atoms with van der Waals surface area (Å²) in [7, 11) is 2.29. The monoisotopic (exact) mass is 264 g/mol. The Hall–Kier alpha value is -0.980. The third-order valence-electron chi connectivity index (χ3n) is 4.67. The van der Waals surface area contributed by atoms with E-state index in [9.17, 15) is 0 Å². The Balaban J connectivity index is 1.53. The maximum Gasteiger partial charge on any atom is 0.0962 e. The van der Waals surface area contributed by atoms with Crippen LogP contribution in [0.4, 0.5) is 0 Å². The first-order valence-electron chi connectivity index (χ1n) is 7.29. The number of nitrogens with zero attached hydrogens (tertiary/aromatic N) is 5.